The second-order valence-corrected chi connectivity index (χ2v) is 5.74. The Labute approximate surface area is 125 Å². The Morgan fingerprint density at radius 3 is 2.71 bits per heavy atom. The molecule has 3 rings (SSSR count). The maximum atomic E-state index is 11.8. The second kappa shape index (κ2) is 5.81. The first-order chi connectivity index (χ1) is 10.1. The molecule has 0 atom stereocenters. The molecule has 1 aliphatic rings. The molecule has 1 fully saturated rings. The van der Waals surface area contributed by atoms with Crippen LogP contribution < -0.4 is 11.2 Å². The van der Waals surface area contributed by atoms with Crippen molar-refractivity contribution in [2.45, 2.75) is 32.1 Å². The molecule has 0 amide bonds. The molecular formula is C14H15ClN4O2. The lowest BCUT2D eigenvalue weighted by molar-refractivity contribution is 0.545. The first-order valence-corrected chi connectivity index (χ1v) is 7.36. The van der Waals surface area contributed by atoms with Crippen molar-refractivity contribution in [3.8, 4) is 11.3 Å². The van der Waals surface area contributed by atoms with E-state index in [1.165, 1.54) is 31.9 Å². The zero-order valence-electron chi connectivity index (χ0n) is 11.4. The number of H-pyrrole nitrogens is 2. The van der Waals surface area contributed by atoms with Crippen LogP contribution in [-0.2, 0) is 6.42 Å². The van der Waals surface area contributed by atoms with Gasteiger partial charge in [0.1, 0.15) is 5.69 Å². The van der Waals surface area contributed by atoms with Crippen LogP contribution in [0.3, 0.4) is 0 Å². The van der Waals surface area contributed by atoms with E-state index in [2.05, 4.69) is 20.2 Å². The van der Waals surface area contributed by atoms with Crippen LogP contribution in [0.25, 0.3) is 11.3 Å². The smallest absolute Gasteiger partial charge is 0.313 e. The van der Waals surface area contributed by atoms with Gasteiger partial charge in [0.2, 0.25) is 0 Å². The summed E-state index contributed by atoms with van der Waals surface area (Å²) in [5.74, 6) is 0.619. The lowest BCUT2D eigenvalue weighted by Crippen LogP contribution is -2.23. The van der Waals surface area contributed by atoms with Gasteiger partial charge in [-0.15, -0.1) is 10.2 Å². The van der Waals surface area contributed by atoms with Crippen LogP contribution in [-0.4, -0.2) is 20.2 Å². The predicted molar refractivity (Wildman–Crippen MR) is 79.4 cm³/mol. The topological polar surface area (TPSA) is 91.5 Å². The predicted octanol–water partition coefficient (Wildman–Crippen LogP) is 1.91. The van der Waals surface area contributed by atoms with Gasteiger partial charge < -0.3 is 4.98 Å². The van der Waals surface area contributed by atoms with Crippen molar-refractivity contribution in [1.29, 1.82) is 0 Å². The van der Waals surface area contributed by atoms with Gasteiger partial charge in [-0.05, 0) is 24.0 Å². The summed E-state index contributed by atoms with van der Waals surface area (Å²) in [6, 6.07) is 1.79. The Balaban J connectivity index is 1.96. The summed E-state index contributed by atoms with van der Waals surface area (Å²) in [7, 11) is 0. The van der Waals surface area contributed by atoms with E-state index in [-0.39, 0.29) is 5.56 Å². The van der Waals surface area contributed by atoms with Gasteiger partial charge in [0.15, 0.2) is 5.15 Å². The van der Waals surface area contributed by atoms with Crippen LogP contribution in [0.1, 0.15) is 31.2 Å². The van der Waals surface area contributed by atoms with Gasteiger partial charge in [0, 0.05) is 6.20 Å². The Morgan fingerprint density at radius 2 is 2.00 bits per heavy atom. The molecule has 7 heteroatoms. The summed E-state index contributed by atoms with van der Waals surface area (Å²) in [5, 5.41) is 8.26. The minimum Gasteiger partial charge on any atom is -0.313 e. The minimum atomic E-state index is -0.545. The van der Waals surface area contributed by atoms with E-state index in [4.69, 9.17) is 11.6 Å². The monoisotopic (exact) mass is 306 g/mol. The summed E-state index contributed by atoms with van der Waals surface area (Å²) in [6.45, 7) is 0. The van der Waals surface area contributed by atoms with E-state index in [0.29, 0.717) is 16.8 Å². The van der Waals surface area contributed by atoms with Gasteiger partial charge in [-0.1, -0.05) is 37.3 Å². The molecule has 0 radical (unpaired) electrons. The van der Waals surface area contributed by atoms with E-state index in [9.17, 15) is 9.59 Å². The third kappa shape index (κ3) is 3.05. The van der Waals surface area contributed by atoms with Crippen molar-refractivity contribution >= 4 is 11.6 Å². The molecule has 21 heavy (non-hydrogen) atoms. The van der Waals surface area contributed by atoms with Crippen molar-refractivity contribution in [1.82, 2.24) is 20.2 Å². The first-order valence-electron chi connectivity index (χ1n) is 6.98. The van der Waals surface area contributed by atoms with Crippen molar-refractivity contribution in [2.24, 2.45) is 5.92 Å². The molecule has 0 spiro atoms. The second-order valence-electron chi connectivity index (χ2n) is 5.39. The highest BCUT2D eigenvalue weighted by Gasteiger charge is 2.18. The van der Waals surface area contributed by atoms with Crippen LogP contribution in [0.2, 0.25) is 5.15 Å². The first kappa shape index (κ1) is 14.0. The van der Waals surface area contributed by atoms with Gasteiger partial charge in [-0.2, -0.15) is 0 Å². The van der Waals surface area contributed by atoms with E-state index >= 15 is 0 Å². The van der Waals surface area contributed by atoms with Crippen LogP contribution in [0.15, 0.2) is 21.9 Å². The molecule has 2 aromatic rings. The van der Waals surface area contributed by atoms with Gasteiger partial charge in [-0.3, -0.25) is 9.78 Å². The van der Waals surface area contributed by atoms with Crippen LogP contribution in [0.4, 0.5) is 0 Å². The fourth-order valence-electron chi connectivity index (χ4n) is 2.82. The van der Waals surface area contributed by atoms with E-state index in [1.807, 2.05) is 0 Å². The van der Waals surface area contributed by atoms with Crippen molar-refractivity contribution in [3.63, 3.8) is 0 Å². The molecule has 0 aromatic carbocycles. The highest BCUT2D eigenvalue weighted by molar-refractivity contribution is 6.30. The standard InChI is InChI=1S/C14H15ClN4O2/c15-12-9(5-8-3-1-2-4-8)6-11(18-19-12)10-7-16-14(21)17-13(10)20/h6-8H,1-5H2,(H2,16,17,20,21). The van der Waals surface area contributed by atoms with Crippen molar-refractivity contribution < 1.29 is 0 Å². The lowest BCUT2D eigenvalue weighted by Gasteiger charge is -2.10. The number of halogens is 1. The normalized spacial score (nSPS) is 15.5. The number of nitrogens with one attached hydrogen (secondary N) is 2. The summed E-state index contributed by atoms with van der Waals surface area (Å²) in [5.41, 5.74) is 0.578. The summed E-state index contributed by atoms with van der Waals surface area (Å²) in [6.07, 6.45) is 7.11. The number of aromatic amines is 2. The number of aromatic nitrogens is 4. The molecule has 0 bridgehead atoms. The average molecular weight is 307 g/mol. The highest BCUT2D eigenvalue weighted by atomic mass is 35.5. The van der Waals surface area contributed by atoms with E-state index in [1.54, 1.807) is 6.07 Å². The molecule has 6 nitrogen and oxygen atoms in total. The molecule has 1 aliphatic carbocycles. The Kier molecular flexibility index (Phi) is 3.88. The summed E-state index contributed by atoms with van der Waals surface area (Å²) < 4.78 is 0. The molecule has 0 unspecified atom stereocenters. The van der Waals surface area contributed by atoms with Gasteiger partial charge >= 0.3 is 5.69 Å². The SMILES string of the molecule is O=c1[nH]cc(-c2cc(CC3CCCC3)c(Cl)nn2)c(=O)[nH]1. The number of hydrogen-bond acceptors (Lipinski definition) is 4. The van der Waals surface area contributed by atoms with Crippen LogP contribution >= 0.6 is 11.6 Å². The van der Waals surface area contributed by atoms with Crippen molar-refractivity contribution in [3.05, 3.63) is 43.8 Å². The zero-order chi connectivity index (χ0) is 14.8. The van der Waals surface area contributed by atoms with E-state index in [0.717, 1.165) is 12.0 Å². The number of nitrogens with zero attached hydrogens (tertiary/aromatic N) is 2. The molecule has 0 saturated heterocycles. The zero-order valence-corrected chi connectivity index (χ0v) is 12.1. The molecule has 0 aliphatic heterocycles. The minimum absolute atomic E-state index is 0.284. The fourth-order valence-corrected chi connectivity index (χ4v) is 2.99. The van der Waals surface area contributed by atoms with Crippen LogP contribution in [0, 0.1) is 5.92 Å². The Hall–Kier alpha value is -1.95. The highest BCUT2D eigenvalue weighted by Crippen LogP contribution is 2.30. The van der Waals surface area contributed by atoms with Gasteiger partial charge in [-0.25, -0.2) is 4.79 Å². The number of rotatable bonds is 3. The maximum absolute atomic E-state index is 11.8. The fraction of sp³-hybridized carbons (Fsp3) is 0.429. The molecule has 110 valence electrons. The molecule has 2 heterocycles. The molecule has 2 N–H and O–H groups in total. The third-order valence-electron chi connectivity index (χ3n) is 3.90. The Morgan fingerprint density at radius 1 is 1.24 bits per heavy atom. The van der Waals surface area contributed by atoms with Crippen molar-refractivity contribution in [2.75, 3.05) is 0 Å². The van der Waals surface area contributed by atoms with Gasteiger partial charge in [0.25, 0.3) is 5.56 Å². The summed E-state index contributed by atoms with van der Waals surface area (Å²) >= 11 is 6.11. The maximum Gasteiger partial charge on any atom is 0.325 e. The third-order valence-corrected chi connectivity index (χ3v) is 4.22. The average Bonchev–Trinajstić information content (AvgIpc) is 2.95. The van der Waals surface area contributed by atoms with Gasteiger partial charge in [0.05, 0.1) is 5.56 Å². The Bertz CT molecular complexity index is 762. The largest absolute Gasteiger partial charge is 0.325 e. The lowest BCUT2D eigenvalue weighted by atomic mass is 9.98. The summed E-state index contributed by atoms with van der Waals surface area (Å²) in [4.78, 5) is 27.5. The molecule has 2 aromatic heterocycles. The molecule has 1 saturated carbocycles. The quantitative estimate of drug-likeness (QED) is 0.906. The number of hydrogen-bond donors (Lipinski definition) is 2. The molecular weight excluding hydrogens is 292 g/mol. The van der Waals surface area contributed by atoms with E-state index < -0.39 is 11.2 Å². The van der Waals surface area contributed by atoms with Crippen LogP contribution in [0.5, 0.6) is 0 Å².